The Labute approximate surface area is 434 Å². The van der Waals surface area contributed by atoms with Crippen molar-refractivity contribution < 1.29 is 63.3 Å². The predicted octanol–water partition coefficient (Wildman–Crippen LogP) is 12.6. The number of unbranched alkanes of at least 4 members (excludes halogenated alkanes) is 17. The zero-order valence-electron chi connectivity index (χ0n) is 45.7. The molecule has 0 aliphatic carbocycles. The Morgan fingerprint density at radius 3 is 1.41 bits per heavy atom. The lowest BCUT2D eigenvalue weighted by molar-refractivity contribution is -0.634. The van der Waals surface area contributed by atoms with Gasteiger partial charge in [-0.3, -0.25) is 4.79 Å². The molecule has 0 amide bonds. The first-order valence-electron chi connectivity index (χ1n) is 26.4. The Morgan fingerprint density at radius 2 is 1.04 bits per heavy atom. The molecule has 0 saturated carbocycles. The third-order valence-electron chi connectivity index (χ3n) is 10.9. The topological polar surface area (TPSA) is 237 Å². The molecule has 0 spiro atoms. The van der Waals surface area contributed by atoms with Crippen LogP contribution in [0.5, 0.6) is 5.75 Å². The van der Waals surface area contributed by atoms with Gasteiger partial charge in [0, 0.05) is 6.26 Å². The number of ether oxygens (including phenoxy) is 2. The van der Waals surface area contributed by atoms with Crippen LogP contribution in [0.1, 0.15) is 208 Å². The second-order valence-electron chi connectivity index (χ2n) is 18.4. The van der Waals surface area contributed by atoms with E-state index in [4.69, 9.17) is 27.7 Å². The summed E-state index contributed by atoms with van der Waals surface area (Å²) in [6.07, 6.45) is 31.5. The van der Waals surface area contributed by atoms with E-state index < -0.39 is 42.1 Å². The number of benzene rings is 2. The number of carboxylic acid groups (broad SMARTS) is 1. The van der Waals surface area contributed by atoms with Crippen molar-refractivity contribution in [2.75, 3.05) is 37.6 Å². The average Bonchev–Trinajstić information content (AvgIpc) is 3.31. The molecule has 71 heavy (non-hydrogen) atoms. The normalized spacial score (nSPS) is 11.9. The quantitative estimate of drug-likeness (QED) is 0.0297. The van der Waals surface area contributed by atoms with Gasteiger partial charge in [0.15, 0.2) is 0 Å². The van der Waals surface area contributed by atoms with Crippen molar-refractivity contribution >= 4 is 36.3 Å². The molecule has 0 radical (unpaired) electrons. The first kappa shape index (κ1) is 74.9. The maximum Gasteiger partial charge on any atom is 0.306 e. The van der Waals surface area contributed by atoms with Crippen LogP contribution in [0.25, 0.3) is 0 Å². The lowest BCUT2D eigenvalue weighted by Crippen LogP contribution is -2.22. The van der Waals surface area contributed by atoms with Crippen LogP contribution in [-0.2, 0) is 50.6 Å². The molecule has 420 valence electrons. The van der Waals surface area contributed by atoms with Crippen LogP contribution in [0, 0.1) is 24.7 Å². The van der Waals surface area contributed by atoms with Crippen LogP contribution in [-0.4, -0.2) is 83.0 Å². The van der Waals surface area contributed by atoms with E-state index in [-0.39, 0.29) is 30.8 Å². The van der Waals surface area contributed by atoms with Crippen LogP contribution in [0.3, 0.4) is 0 Å². The van der Waals surface area contributed by atoms with Gasteiger partial charge in [-0.15, -0.1) is 0 Å². The molecule has 1 N–H and O–H groups in total. The number of aliphatic carboxylic acids is 1. The van der Waals surface area contributed by atoms with E-state index in [1.807, 2.05) is 45.0 Å². The Bertz CT molecular complexity index is 1750. The fourth-order valence-corrected chi connectivity index (χ4v) is 6.88. The standard InChI is InChI=1S/C18H36O2.C18H30.C11H16O5S.C4H10.C2H6O4S.CH4O3S/c1-5-6-7-8-9-10-11-12-13-16(4)14-17(15(2)3)18(19)20;1-2-3-4-5-6-7-8-9-10-12-15-18-16-13-11-14-17-18;1-10-2-4-11(5-3-10)16-7-6-15-8-9-17(12,13)14;1-3-4-2;1-2-7(4,5)6-3;1-5(2,3)4/h15-17H,5-14H2,1-4H3,(H,19,20);11,13-14,16-17H,2-10,12,15H2,1H3;2-5H,6-9H2,1H3,(H,12,13,14);3-4H2,1-2H3;3H,2H2,1H3;1H3,(H,2,3,4)/p-3. The number of carboxylic acids is 1. The van der Waals surface area contributed by atoms with Crippen molar-refractivity contribution in [2.24, 2.45) is 17.8 Å². The van der Waals surface area contributed by atoms with Crippen molar-refractivity contribution in [1.29, 1.82) is 0 Å². The summed E-state index contributed by atoms with van der Waals surface area (Å²) >= 11 is 0. The van der Waals surface area contributed by atoms with Crippen molar-refractivity contribution in [3.63, 3.8) is 0 Å². The van der Waals surface area contributed by atoms with E-state index in [1.165, 1.54) is 154 Å². The van der Waals surface area contributed by atoms with Gasteiger partial charge in [0.2, 0.25) is 0 Å². The van der Waals surface area contributed by atoms with Crippen LogP contribution >= 0.6 is 0 Å². The molecule has 2 aromatic carbocycles. The van der Waals surface area contributed by atoms with Crippen LogP contribution in [0.15, 0.2) is 54.6 Å². The molecular formula is C54H99O14S3-3. The Kier molecular flexibility index (Phi) is 53.7. The molecule has 17 heteroatoms. The maximum atomic E-state index is 11.2. The van der Waals surface area contributed by atoms with Gasteiger partial charge < -0.3 is 33.3 Å². The highest BCUT2D eigenvalue weighted by molar-refractivity contribution is 7.86. The van der Waals surface area contributed by atoms with E-state index >= 15 is 0 Å². The lowest BCUT2D eigenvalue weighted by atomic mass is 9.85. The zero-order valence-corrected chi connectivity index (χ0v) is 48.2. The molecule has 0 fully saturated rings. The van der Waals surface area contributed by atoms with Crippen molar-refractivity contribution in [2.45, 2.75) is 210 Å². The monoisotopic (exact) mass is 1070 g/mol. The largest absolute Gasteiger partial charge is 0.748 e. The van der Waals surface area contributed by atoms with Gasteiger partial charge in [-0.1, -0.05) is 225 Å². The van der Waals surface area contributed by atoms with E-state index in [0.29, 0.717) is 18.8 Å². The summed E-state index contributed by atoms with van der Waals surface area (Å²) in [6.45, 7) is 18.9. The fourth-order valence-electron chi connectivity index (χ4n) is 6.46. The van der Waals surface area contributed by atoms with Gasteiger partial charge in [0.05, 0.1) is 50.9 Å². The number of hydrogen-bond donors (Lipinski definition) is 1. The van der Waals surface area contributed by atoms with E-state index in [2.05, 4.69) is 69.3 Å². The molecule has 2 rings (SSSR count). The summed E-state index contributed by atoms with van der Waals surface area (Å²) in [5, 5.41) is 18.3. The van der Waals surface area contributed by atoms with Crippen molar-refractivity contribution in [3.8, 4) is 5.75 Å². The Hall–Kier alpha value is -2.64. The molecule has 0 heterocycles. The third-order valence-corrected chi connectivity index (χ3v) is 12.5. The zero-order chi connectivity index (χ0) is 54.8. The number of aryl methyl sites for hydroxylation is 2. The minimum atomic E-state index is -4.18. The second kappa shape index (κ2) is 50.9. The molecular weight excluding hydrogens is 969 g/mol. The summed E-state index contributed by atoms with van der Waals surface area (Å²) in [5.74, 6) is -0.0434. The highest BCUT2D eigenvalue weighted by Crippen LogP contribution is 2.24. The number of hydrogen-bond acceptors (Lipinski definition) is 13. The minimum Gasteiger partial charge on any atom is -0.748 e. The summed E-state index contributed by atoms with van der Waals surface area (Å²) in [6, 6.07) is 18.4. The number of rotatable bonds is 34. The second-order valence-corrected chi connectivity index (χ2v) is 23.1. The summed E-state index contributed by atoms with van der Waals surface area (Å²) in [5.41, 5.74) is 2.64. The SMILES string of the molecule is CCCC.CCCCCCCCCCC(C)CC(C(=O)O)C(C)C.CCCCCCCCCCCCc1ccccc1.CCS(=O)(=O)O[O-].CS(=O)(=O)[O-].Cc1ccc(OCCOCCS(=O)(=O)[O-])cc1. The molecule has 0 aromatic heterocycles. The molecule has 14 nitrogen and oxygen atoms in total. The Morgan fingerprint density at radius 1 is 0.606 bits per heavy atom. The molecule has 2 unspecified atom stereocenters. The molecule has 0 bridgehead atoms. The molecule has 2 atom stereocenters. The molecule has 0 aliphatic heterocycles. The van der Waals surface area contributed by atoms with Gasteiger partial charge >= 0.3 is 5.97 Å². The van der Waals surface area contributed by atoms with Crippen LogP contribution in [0.4, 0.5) is 0 Å². The third kappa shape index (κ3) is 65.3. The molecule has 2 aromatic rings. The summed E-state index contributed by atoms with van der Waals surface area (Å²) in [4.78, 5) is 11.2. The van der Waals surface area contributed by atoms with Gasteiger partial charge in [-0.25, -0.2) is 25.3 Å². The highest BCUT2D eigenvalue weighted by Gasteiger charge is 2.23. The Balaban J connectivity index is -0.000000411. The molecule has 0 saturated heterocycles. The lowest BCUT2D eigenvalue weighted by Gasteiger charge is -2.20. The van der Waals surface area contributed by atoms with Gasteiger partial charge in [-0.2, -0.15) is 0 Å². The minimum absolute atomic E-state index is 0.0942. The van der Waals surface area contributed by atoms with Gasteiger partial charge in [-0.05, 0) is 62.6 Å². The number of carbonyl (C=O) groups is 1. The summed E-state index contributed by atoms with van der Waals surface area (Å²) in [7, 11) is -11.8. The van der Waals surface area contributed by atoms with Crippen LogP contribution < -0.4 is 9.99 Å². The van der Waals surface area contributed by atoms with E-state index in [0.717, 1.165) is 17.7 Å². The summed E-state index contributed by atoms with van der Waals surface area (Å²) < 4.78 is 90.7. The first-order chi connectivity index (χ1) is 33.4. The average molecular weight is 1070 g/mol. The molecule has 0 aliphatic rings. The van der Waals surface area contributed by atoms with E-state index in [9.17, 15) is 31.3 Å². The smallest absolute Gasteiger partial charge is 0.306 e. The van der Waals surface area contributed by atoms with Gasteiger partial charge in [0.25, 0.3) is 10.1 Å². The van der Waals surface area contributed by atoms with E-state index in [1.54, 1.807) is 0 Å². The fraction of sp³-hybridized carbons (Fsp3) is 0.759. The van der Waals surface area contributed by atoms with Crippen molar-refractivity contribution in [3.05, 3.63) is 65.7 Å². The van der Waals surface area contributed by atoms with Gasteiger partial charge in [0.1, 0.15) is 12.4 Å². The highest BCUT2D eigenvalue weighted by atomic mass is 32.2. The van der Waals surface area contributed by atoms with Crippen molar-refractivity contribution in [1.82, 2.24) is 0 Å². The maximum absolute atomic E-state index is 11.2. The first-order valence-corrected chi connectivity index (χ1v) is 31.3. The van der Waals surface area contributed by atoms with Crippen LogP contribution in [0.2, 0.25) is 0 Å². The predicted molar refractivity (Wildman–Crippen MR) is 288 cm³/mol.